The monoisotopic (exact) mass is 291 g/mol. The van der Waals surface area contributed by atoms with Crippen LogP contribution >= 0.6 is 0 Å². The van der Waals surface area contributed by atoms with Crippen LogP contribution in [0.5, 0.6) is 0 Å². The molecule has 1 aliphatic heterocycles. The first-order valence-electron chi connectivity index (χ1n) is 8.18. The highest BCUT2D eigenvalue weighted by atomic mass is 15.3. The number of aryl methyl sites for hydroxylation is 2. The standard InChI is InChI=1S/C16H29N5/c1-6-13-14(7-2)19-20-15(18-13)21-10-8-9-12(21)11-17-16(3,4)5/h12,17H,6-11H2,1-5H3. The summed E-state index contributed by atoms with van der Waals surface area (Å²) in [5.74, 6) is 0.808. The highest BCUT2D eigenvalue weighted by Crippen LogP contribution is 2.22. The van der Waals surface area contributed by atoms with E-state index in [2.05, 4.69) is 55.0 Å². The van der Waals surface area contributed by atoms with Crippen molar-refractivity contribution in [3.05, 3.63) is 11.4 Å². The lowest BCUT2D eigenvalue weighted by atomic mass is 10.1. The number of hydrogen-bond donors (Lipinski definition) is 1. The lowest BCUT2D eigenvalue weighted by Crippen LogP contribution is -2.45. The van der Waals surface area contributed by atoms with Crippen LogP contribution in [0.15, 0.2) is 0 Å². The van der Waals surface area contributed by atoms with Gasteiger partial charge in [0.1, 0.15) is 0 Å². The molecule has 1 unspecified atom stereocenters. The zero-order valence-corrected chi connectivity index (χ0v) is 14.1. The molecule has 118 valence electrons. The van der Waals surface area contributed by atoms with E-state index in [1.807, 2.05) is 0 Å². The topological polar surface area (TPSA) is 53.9 Å². The number of nitrogens with zero attached hydrogens (tertiary/aromatic N) is 4. The second-order valence-electron chi connectivity index (χ2n) is 6.83. The minimum atomic E-state index is 0.147. The van der Waals surface area contributed by atoms with E-state index < -0.39 is 0 Å². The Kier molecular flexibility index (Phi) is 5.14. The van der Waals surface area contributed by atoms with Crippen molar-refractivity contribution in [3.63, 3.8) is 0 Å². The molecule has 1 aliphatic rings. The molecule has 0 saturated carbocycles. The Bertz CT molecular complexity index is 466. The molecule has 0 aliphatic carbocycles. The van der Waals surface area contributed by atoms with E-state index in [1.165, 1.54) is 12.8 Å². The lowest BCUT2D eigenvalue weighted by Gasteiger charge is -2.29. The third kappa shape index (κ3) is 4.13. The van der Waals surface area contributed by atoms with Crippen LogP contribution in [0.4, 0.5) is 5.95 Å². The second kappa shape index (κ2) is 6.69. The first-order valence-corrected chi connectivity index (χ1v) is 8.18. The summed E-state index contributed by atoms with van der Waals surface area (Å²) in [5.41, 5.74) is 2.27. The third-order valence-electron chi connectivity index (χ3n) is 4.00. The zero-order valence-electron chi connectivity index (χ0n) is 14.1. The van der Waals surface area contributed by atoms with E-state index in [4.69, 9.17) is 4.98 Å². The van der Waals surface area contributed by atoms with Crippen molar-refractivity contribution in [3.8, 4) is 0 Å². The summed E-state index contributed by atoms with van der Waals surface area (Å²) < 4.78 is 0. The van der Waals surface area contributed by atoms with Gasteiger partial charge in [-0.1, -0.05) is 13.8 Å². The molecule has 1 aromatic heterocycles. The summed E-state index contributed by atoms with van der Waals surface area (Å²) in [4.78, 5) is 7.09. The van der Waals surface area contributed by atoms with Crippen molar-refractivity contribution in [2.75, 3.05) is 18.0 Å². The summed E-state index contributed by atoms with van der Waals surface area (Å²) in [6.45, 7) is 12.9. The van der Waals surface area contributed by atoms with Crippen molar-refractivity contribution in [1.82, 2.24) is 20.5 Å². The molecule has 2 rings (SSSR count). The number of nitrogens with one attached hydrogen (secondary N) is 1. The first kappa shape index (κ1) is 16.1. The number of hydrogen-bond acceptors (Lipinski definition) is 5. The molecule has 5 nitrogen and oxygen atoms in total. The van der Waals surface area contributed by atoms with E-state index in [0.29, 0.717) is 6.04 Å². The van der Waals surface area contributed by atoms with Gasteiger partial charge < -0.3 is 10.2 Å². The molecule has 0 amide bonds. The Balaban J connectivity index is 2.12. The molecule has 1 fully saturated rings. The van der Waals surface area contributed by atoms with Gasteiger partial charge >= 0.3 is 0 Å². The molecular weight excluding hydrogens is 262 g/mol. The molecule has 0 aromatic carbocycles. The van der Waals surface area contributed by atoms with Crippen molar-refractivity contribution < 1.29 is 0 Å². The quantitative estimate of drug-likeness (QED) is 0.902. The highest BCUT2D eigenvalue weighted by Gasteiger charge is 2.28. The Morgan fingerprint density at radius 2 is 1.86 bits per heavy atom. The Hall–Kier alpha value is -1.23. The maximum absolute atomic E-state index is 4.76. The number of aromatic nitrogens is 3. The van der Waals surface area contributed by atoms with Gasteiger partial charge in [0.25, 0.3) is 0 Å². The zero-order chi connectivity index (χ0) is 15.5. The molecule has 0 radical (unpaired) electrons. The lowest BCUT2D eigenvalue weighted by molar-refractivity contribution is 0.403. The summed E-state index contributed by atoms with van der Waals surface area (Å²) in [6.07, 6.45) is 4.23. The smallest absolute Gasteiger partial charge is 0.245 e. The van der Waals surface area contributed by atoms with Gasteiger partial charge in [-0.25, -0.2) is 4.98 Å². The molecule has 0 bridgehead atoms. The fourth-order valence-corrected chi connectivity index (χ4v) is 2.79. The highest BCUT2D eigenvalue weighted by molar-refractivity contribution is 5.34. The predicted molar refractivity (Wildman–Crippen MR) is 86.7 cm³/mol. The Morgan fingerprint density at radius 1 is 1.14 bits per heavy atom. The van der Waals surface area contributed by atoms with Gasteiger partial charge in [0.15, 0.2) is 0 Å². The van der Waals surface area contributed by atoms with Crippen LogP contribution in [0, 0.1) is 0 Å². The van der Waals surface area contributed by atoms with Crippen LogP contribution < -0.4 is 10.2 Å². The fraction of sp³-hybridized carbons (Fsp3) is 0.812. The van der Waals surface area contributed by atoms with Crippen LogP contribution in [-0.2, 0) is 12.8 Å². The van der Waals surface area contributed by atoms with Crippen LogP contribution in [0.1, 0.15) is 58.8 Å². The largest absolute Gasteiger partial charge is 0.335 e. The molecule has 1 aromatic rings. The fourth-order valence-electron chi connectivity index (χ4n) is 2.79. The molecule has 1 saturated heterocycles. The van der Waals surface area contributed by atoms with Gasteiger partial charge in [-0.05, 0) is 46.5 Å². The molecule has 5 heteroatoms. The van der Waals surface area contributed by atoms with Crippen LogP contribution in [-0.4, -0.2) is 39.9 Å². The Morgan fingerprint density at radius 3 is 2.48 bits per heavy atom. The van der Waals surface area contributed by atoms with Crippen LogP contribution in [0.25, 0.3) is 0 Å². The number of anilines is 1. The molecule has 0 spiro atoms. The number of rotatable bonds is 5. The first-order chi connectivity index (χ1) is 9.94. The van der Waals surface area contributed by atoms with Crippen LogP contribution in [0.2, 0.25) is 0 Å². The van der Waals surface area contributed by atoms with E-state index >= 15 is 0 Å². The molecule has 2 heterocycles. The van der Waals surface area contributed by atoms with Gasteiger partial charge in [-0.2, -0.15) is 5.10 Å². The van der Waals surface area contributed by atoms with Gasteiger partial charge in [0.2, 0.25) is 5.95 Å². The van der Waals surface area contributed by atoms with E-state index in [9.17, 15) is 0 Å². The predicted octanol–water partition coefficient (Wildman–Crippen LogP) is 2.35. The second-order valence-corrected chi connectivity index (χ2v) is 6.83. The summed E-state index contributed by atoms with van der Waals surface area (Å²) >= 11 is 0. The summed E-state index contributed by atoms with van der Waals surface area (Å²) in [6, 6.07) is 0.475. The van der Waals surface area contributed by atoms with Gasteiger partial charge in [-0.3, -0.25) is 0 Å². The minimum absolute atomic E-state index is 0.147. The minimum Gasteiger partial charge on any atom is -0.335 e. The average molecular weight is 291 g/mol. The van der Waals surface area contributed by atoms with Gasteiger partial charge in [0.05, 0.1) is 11.4 Å². The SMILES string of the molecule is CCc1nnc(N2CCCC2CNC(C)(C)C)nc1CC. The van der Waals surface area contributed by atoms with Crippen molar-refractivity contribution in [2.24, 2.45) is 0 Å². The Labute approximate surface area is 128 Å². The van der Waals surface area contributed by atoms with Gasteiger partial charge in [0, 0.05) is 24.7 Å². The average Bonchev–Trinajstić information content (AvgIpc) is 2.92. The summed E-state index contributed by atoms with van der Waals surface area (Å²) in [5, 5.41) is 12.4. The molecule has 21 heavy (non-hydrogen) atoms. The van der Waals surface area contributed by atoms with E-state index in [0.717, 1.165) is 43.3 Å². The van der Waals surface area contributed by atoms with Crippen molar-refractivity contribution in [2.45, 2.75) is 71.9 Å². The molecule has 1 N–H and O–H groups in total. The molecular formula is C16H29N5. The van der Waals surface area contributed by atoms with Crippen molar-refractivity contribution >= 4 is 5.95 Å². The summed E-state index contributed by atoms with van der Waals surface area (Å²) in [7, 11) is 0. The van der Waals surface area contributed by atoms with Crippen molar-refractivity contribution in [1.29, 1.82) is 0 Å². The van der Waals surface area contributed by atoms with E-state index in [-0.39, 0.29) is 5.54 Å². The van der Waals surface area contributed by atoms with Gasteiger partial charge in [-0.15, -0.1) is 5.10 Å². The maximum Gasteiger partial charge on any atom is 0.245 e. The molecule has 1 atom stereocenters. The third-order valence-corrected chi connectivity index (χ3v) is 4.00. The van der Waals surface area contributed by atoms with Crippen LogP contribution in [0.3, 0.4) is 0 Å². The normalized spacial score (nSPS) is 19.3. The van der Waals surface area contributed by atoms with E-state index in [1.54, 1.807) is 0 Å². The maximum atomic E-state index is 4.76.